The molecule has 1 heterocycles. The van der Waals surface area contributed by atoms with Crippen molar-refractivity contribution < 1.29 is 0 Å². The molecule has 1 aromatic heterocycles. The fourth-order valence-electron chi connectivity index (χ4n) is 2.07. The van der Waals surface area contributed by atoms with E-state index in [1.807, 2.05) is 6.07 Å². The Labute approximate surface area is 123 Å². The van der Waals surface area contributed by atoms with Crippen LogP contribution in [0, 0.1) is 6.92 Å². The van der Waals surface area contributed by atoms with Gasteiger partial charge in [0, 0.05) is 18.7 Å². The Morgan fingerprint density at radius 3 is 2.68 bits per heavy atom. The summed E-state index contributed by atoms with van der Waals surface area (Å²) in [5, 5.41) is 4.31. The van der Waals surface area contributed by atoms with E-state index in [1.54, 1.807) is 11.3 Å². The van der Waals surface area contributed by atoms with Crippen LogP contribution in [0.5, 0.6) is 0 Å². The number of rotatable bonds is 5. The average Bonchev–Trinajstić information content (AvgIpc) is 2.84. The van der Waals surface area contributed by atoms with Crippen molar-refractivity contribution in [3.05, 3.63) is 57.3 Å². The number of nitrogens with two attached hydrogens (primary N) is 1. The van der Waals surface area contributed by atoms with Crippen LogP contribution in [-0.4, -0.2) is 16.9 Å². The Morgan fingerprint density at radius 2 is 2.11 bits per heavy atom. The first-order chi connectivity index (χ1) is 9.06. The molecule has 0 aliphatic carbocycles. The van der Waals surface area contributed by atoms with Crippen LogP contribution in [0.3, 0.4) is 0 Å². The van der Waals surface area contributed by atoms with E-state index in [1.165, 1.54) is 16.7 Å². The van der Waals surface area contributed by atoms with Gasteiger partial charge in [-0.15, -0.1) is 0 Å². The summed E-state index contributed by atoms with van der Waals surface area (Å²) in [7, 11) is 2.14. The van der Waals surface area contributed by atoms with Gasteiger partial charge in [0.05, 0.1) is 0 Å². The summed E-state index contributed by atoms with van der Waals surface area (Å²) in [6, 6.07) is 8.36. The lowest BCUT2D eigenvalue weighted by molar-refractivity contribution is 0.319. The highest BCUT2D eigenvalue weighted by atomic mass is 32.1. The molecule has 0 spiro atoms. The number of benzene rings is 1. The maximum Gasteiger partial charge on any atom is 0.103 e. The molecular weight excluding hydrogens is 272 g/mol. The molecule has 0 saturated heterocycles. The summed E-state index contributed by atoms with van der Waals surface area (Å²) in [5.74, 6) is 0. The summed E-state index contributed by atoms with van der Waals surface area (Å²) in [5.41, 5.74) is 10.5. The molecule has 0 fully saturated rings. The maximum atomic E-state index is 5.65. The predicted octanol–water partition coefficient (Wildman–Crippen LogP) is 3.32. The fourth-order valence-corrected chi connectivity index (χ4v) is 2.85. The van der Waals surface area contributed by atoms with Crippen molar-refractivity contribution in [3.63, 3.8) is 0 Å². The first-order valence-corrected chi connectivity index (χ1v) is 7.50. The van der Waals surface area contributed by atoms with E-state index in [-0.39, 0.29) is 0 Å². The minimum absolute atomic E-state index is 0.460. The number of hydrogen-bond donors (Lipinski definition) is 1. The van der Waals surface area contributed by atoms with Gasteiger partial charge in [-0.1, -0.05) is 24.4 Å². The van der Waals surface area contributed by atoms with Gasteiger partial charge in [-0.25, -0.2) is 0 Å². The Kier molecular flexibility index (Phi) is 4.69. The molecular formula is C15H18N2S2. The SMILES string of the molecule is Cc1cc(C(N)=S)ccc1CN(C)Cc1ccsc1. The van der Waals surface area contributed by atoms with Crippen molar-refractivity contribution in [2.75, 3.05) is 7.05 Å². The van der Waals surface area contributed by atoms with Gasteiger partial charge in [0.15, 0.2) is 0 Å². The lowest BCUT2D eigenvalue weighted by Crippen LogP contribution is -2.18. The van der Waals surface area contributed by atoms with E-state index in [0.717, 1.165) is 18.7 Å². The van der Waals surface area contributed by atoms with Crippen molar-refractivity contribution in [2.45, 2.75) is 20.0 Å². The lowest BCUT2D eigenvalue weighted by Gasteiger charge is -2.18. The van der Waals surface area contributed by atoms with E-state index in [0.29, 0.717) is 4.99 Å². The fraction of sp³-hybridized carbons (Fsp3) is 0.267. The van der Waals surface area contributed by atoms with Crippen molar-refractivity contribution in [3.8, 4) is 0 Å². The zero-order chi connectivity index (χ0) is 13.8. The maximum absolute atomic E-state index is 5.65. The molecule has 2 rings (SSSR count). The number of thiophene rings is 1. The Balaban J connectivity index is 2.04. The van der Waals surface area contributed by atoms with Crippen molar-refractivity contribution in [1.82, 2.24) is 4.90 Å². The molecule has 0 radical (unpaired) electrons. The number of hydrogen-bond acceptors (Lipinski definition) is 3. The molecule has 2 N–H and O–H groups in total. The van der Waals surface area contributed by atoms with Crippen LogP contribution >= 0.6 is 23.6 Å². The number of aryl methyl sites for hydroxylation is 1. The van der Waals surface area contributed by atoms with Crippen LogP contribution in [0.4, 0.5) is 0 Å². The predicted molar refractivity (Wildman–Crippen MR) is 86.6 cm³/mol. The van der Waals surface area contributed by atoms with Crippen LogP contribution in [0.1, 0.15) is 22.3 Å². The van der Waals surface area contributed by atoms with Gasteiger partial charge in [-0.3, -0.25) is 4.90 Å². The topological polar surface area (TPSA) is 29.3 Å². The molecule has 0 bridgehead atoms. The third-order valence-corrected chi connectivity index (χ3v) is 4.07. The van der Waals surface area contributed by atoms with Crippen LogP contribution in [0.15, 0.2) is 35.0 Å². The standard InChI is InChI=1S/C15H18N2S2/c1-11-7-13(15(16)18)3-4-14(11)9-17(2)8-12-5-6-19-10-12/h3-7,10H,8-9H2,1-2H3,(H2,16,18). The van der Waals surface area contributed by atoms with E-state index in [9.17, 15) is 0 Å². The molecule has 2 aromatic rings. The van der Waals surface area contributed by atoms with E-state index in [2.05, 4.69) is 47.8 Å². The molecule has 0 amide bonds. The Bertz CT molecular complexity index is 562. The highest BCUT2D eigenvalue weighted by Crippen LogP contribution is 2.15. The van der Waals surface area contributed by atoms with Gasteiger partial charge >= 0.3 is 0 Å². The molecule has 1 aromatic carbocycles. The Morgan fingerprint density at radius 1 is 1.32 bits per heavy atom. The van der Waals surface area contributed by atoms with Crippen LogP contribution in [-0.2, 0) is 13.1 Å². The van der Waals surface area contributed by atoms with Gasteiger partial charge in [-0.05, 0) is 53.6 Å². The van der Waals surface area contributed by atoms with Crippen molar-refractivity contribution in [1.29, 1.82) is 0 Å². The summed E-state index contributed by atoms with van der Waals surface area (Å²) in [6.07, 6.45) is 0. The molecule has 0 aliphatic rings. The number of nitrogens with zero attached hydrogens (tertiary/aromatic N) is 1. The third kappa shape index (κ3) is 3.86. The molecule has 0 unspecified atom stereocenters. The largest absolute Gasteiger partial charge is 0.389 e. The summed E-state index contributed by atoms with van der Waals surface area (Å²) < 4.78 is 0. The van der Waals surface area contributed by atoms with Crippen LogP contribution < -0.4 is 5.73 Å². The first kappa shape index (κ1) is 14.2. The van der Waals surface area contributed by atoms with Crippen molar-refractivity contribution >= 4 is 28.5 Å². The molecule has 19 heavy (non-hydrogen) atoms. The molecule has 4 heteroatoms. The molecule has 0 saturated carbocycles. The highest BCUT2D eigenvalue weighted by molar-refractivity contribution is 7.80. The normalized spacial score (nSPS) is 10.9. The van der Waals surface area contributed by atoms with Gasteiger partial charge in [0.25, 0.3) is 0 Å². The molecule has 2 nitrogen and oxygen atoms in total. The highest BCUT2D eigenvalue weighted by Gasteiger charge is 2.06. The molecule has 100 valence electrons. The first-order valence-electron chi connectivity index (χ1n) is 6.15. The monoisotopic (exact) mass is 290 g/mol. The third-order valence-electron chi connectivity index (χ3n) is 3.10. The Hall–Kier alpha value is -1.23. The summed E-state index contributed by atoms with van der Waals surface area (Å²) in [4.78, 5) is 2.77. The smallest absolute Gasteiger partial charge is 0.103 e. The zero-order valence-corrected chi connectivity index (χ0v) is 12.9. The minimum atomic E-state index is 0.460. The van der Waals surface area contributed by atoms with Gasteiger partial charge < -0.3 is 5.73 Å². The summed E-state index contributed by atoms with van der Waals surface area (Å²) >= 11 is 6.74. The van der Waals surface area contributed by atoms with Crippen LogP contribution in [0.2, 0.25) is 0 Å². The molecule has 0 aliphatic heterocycles. The average molecular weight is 290 g/mol. The van der Waals surface area contributed by atoms with E-state index >= 15 is 0 Å². The summed E-state index contributed by atoms with van der Waals surface area (Å²) in [6.45, 7) is 4.01. The quantitative estimate of drug-likeness (QED) is 0.857. The van der Waals surface area contributed by atoms with E-state index in [4.69, 9.17) is 18.0 Å². The second-order valence-corrected chi connectivity index (χ2v) is 6.03. The van der Waals surface area contributed by atoms with Gasteiger partial charge in [0.2, 0.25) is 0 Å². The second-order valence-electron chi connectivity index (χ2n) is 4.81. The minimum Gasteiger partial charge on any atom is -0.389 e. The number of thiocarbonyl (C=S) groups is 1. The second kappa shape index (κ2) is 6.28. The van der Waals surface area contributed by atoms with Gasteiger partial charge in [0.1, 0.15) is 4.99 Å². The zero-order valence-electron chi connectivity index (χ0n) is 11.2. The molecule has 0 atom stereocenters. The van der Waals surface area contributed by atoms with Crippen molar-refractivity contribution in [2.24, 2.45) is 5.73 Å². The van der Waals surface area contributed by atoms with Gasteiger partial charge in [-0.2, -0.15) is 11.3 Å². The van der Waals surface area contributed by atoms with Crippen LogP contribution in [0.25, 0.3) is 0 Å². The lowest BCUT2D eigenvalue weighted by atomic mass is 10.0. The van der Waals surface area contributed by atoms with E-state index < -0.39 is 0 Å².